The molecule has 0 aliphatic carbocycles. The first-order valence-corrected chi connectivity index (χ1v) is 11.7. The van der Waals surface area contributed by atoms with E-state index in [9.17, 15) is 4.79 Å². The van der Waals surface area contributed by atoms with Gasteiger partial charge in [-0.15, -0.1) is 0 Å². The standard InChI is InChI=1S/C27H32N4O2/c1-21-6-3-8-24(28-21)10-5-15-30-16-18-31(19-17-30)27(32)33-26-13-11-23(12-14-26)20-25-9-4-7-22(2)29-25/h3-4,6-9,11-14H,5,10,15-20H2,1-2H3. The molecule has 0 spiro atoms. The first-order chi connectivity index (χ1) is 16.0. The van der Waals surface area contributed by atoms with Gasteiger partial charge >= 0.3 is 6.09 Å². The van der Waals surface area contributed by atoms with Crippen LogP contribution >= 0.6 is 0 Å². The zero-order valence-electron chi connectivity index (χ0n) is 19.5. The van der Waals surface area contributed by atoms with Crippen LogP contribution in [0, 0.1) is 13.8 Å². The molecule has 1 aromatic carbocycles. The Morgan fingerprint density at radius 1 is 0.848 bits per heavy atom. The molecule has 33 heavy (non-hydrogen) atoms. The Kier molecular flexibility index (Phi) is 7.68. The number of rotatable bonds is 7. The Balaban J connectivity index is 1.19. The maximum atomic E-state index is 12.6. The van der Waals surface area contributed by atoms with Crippen LogP contribution in [0.3, 0.4) is 0 Å². The van der Waals surface area contributed by atoms with Crippen molar-refractivity contribution in [2.24, 2.45) is 0 Å². The van der Waals surface area contributed by atoms with Crippen LogP contribution in [0.4, 0.5) is 4.79 Å². The number of pyridine rings is 2. The SMILES string of the molecule is Cc1cccc(CCCN2CCN(C(=O)Oc3ccc(Cc4cccc(C)n4)cc3)CC2)n1. The van der Waals surface area contributed by atoms with E-state index in [0.29, 0.717) is 18.8 Å². The molecule has 0 bridgehead atoms. The van der Waals surface area contributed by atoms with Crippen LogP contribution in [0.2, 0.25) is 0 Å². The molecule has 1 amide bonds. The number of hydrogen-bond acceptors (Lipinski definition) is 5. The molecule has 3 aromatic rings. The topological polar surface area (TPSA) is 58.6 Å². The lowest BCUT2D eigenvalue weighted by molar-refractivity contribution is 0.110. The first kappa shape index (κ1) is 22.9. The van der Waals surface area contributed by atoms with Crippen molar-refractivity contribution in [3.05, 3.63) is 89.0 Å². The summed E-state index contributed by atoms with van der Waals surface area (Å²) in [6, 6.07) is 19.9. The van der Waals surface area contributed by atoms with Crippen molar-refractivity contribution in [2.75, 3.05) is 32.7 Å². The van der Waals surface area contributed by atoms with E-state index >= 15 is 0 Å². The molecule has 0 saturated carbocycles. The zero-order valence-corrected chi connectivity index (χ0v) is 19.5. The van der Waals surface area contributed by atoms with Gasteiger partial charge in [0.2, 0.25) is 0 Å². The van der Waals surface area contributed by atoms with E-state index in [2.05, 4.69) is 27.0 Å². The number of hydrogen-bond donors (Lipinski definition) is 0. The Morgan fingerprint density at radius 3 is 2.15 bits per heavy atom. The molecule has 1 fully saturated rings. The van der Waals surface area contributed by atoms with Crippen LogP contribution in [-0.2, 0) is 12.8 Å². The summed E-state index contributed by atoms with van der Waals surface area (Å²) in [5.41, 5.74) is 5.41. The second-order valence-electron chi connectivity index (χ2n) is 8.66. The minimum absolute atomic E-state index is 0.272. The van der Waals surface area contributed by atoms with Crippen LogP contribution in [0.15, 0.2) is 60.7 Å². The van der Waals surface area contributed by atoms with Crippen molar-refractivity contribution >= 4 is 6.09 Å². The highest BCUT2D eigenvalue weighted by Crippen LogP contribution is 2.16. The van der Waals surface area contributed by atoms with Gasteiger partial charge in [0.1, 0.15) is 5.75 Å². The number of aryl methyl sites for hydroxylation is 3. The summed E-state index contributed by atoms with van der Waals surface area (Å²) >= 11 is 0. The molecule has 0 unspecified atom stereocenters. The Morgan fingerprint density at radius 2 is 1.48 bits per heavy atom. The van der Waals surface area contributed by atoms with Gasteiger partial charge in [-0.05, 0) is 75.2 Å². The molecule has 2 aromatic heterocycles. The molecule has 0 radical (unpaired) electrons. The average Bonchev–Trinajstić information content (AvgIpc) is 2.81. The van der Waals surface area contributed by atoms with Crippen molar-refractivity contribution < 1.29 is 9.53 Å². The molecule has 4 rings (SSSR count). The quantitative estimate of drug-likeness (QED) is 0.539. The Hall–Kier alpha value is -3.25. The Labute approximate surface area is 196 Å². The molecule has 0 N–H and O–H groups in total. The molecule has 6 nitrogen and oxygen atoms in total. The van der Waals surface area contributed by atoms with Gasteiger partial charge in [0.15, 0.2) is 0 Å². The molecule has 1 aliphatic rings. The van der Waals surface area contributed by atoms with Crippen LogP contribution < -0.4 is 4.74 Å². The number of aromatic nitrogens is 2. The van der Waals surface area contributed by atoms with Gasteiger partial charge in [-0.1, -0.05) is 24.3 Å². The highest BCUT2D eigenvalue weighted by Gasteiger charge is 2.22. The number of nitrogens with zero attached hydrogens (tertiary/aromatic N) is 4. The monoisotopic (exact) mass is 444 g/mol. The number of benzene rings is 1. The van der Waals surface area contributed by atoms with Crippen molar-refractivity contribution in [1.29, 1.82) is 0 Å². The van der Waals surface area contributed by atoms with Gasteiger partial charge < -0.3 is 9.64 Å². The molecule has 0 atom stereocenters. The number of carbonyl (C=O) groups is 1. The first-order valence-electron chi connectivity index (χ1n) is 11.7. The second-order valence-corrected chi connectivity index (χ2v) is 8.66. The minimum Gasteiger partial charge on any atom is -0.410 e. The van der Waals surface area contributed by atoms with Crippen molar-refractivity contribution in [1.82, 2.24) is 19.8 Å². The van der Waals surface area contributed by atoms with E-state index < -0.39 is 0 Å². The summed E-state index contributed by atoms with van der Waals surface area (Å²) in [5.74, 6) is 0.578. The van der Waals surface area contributed by atoms with Gasteiger partial charge in [-0.3, -0.25) is 14.9 Å². The summed E-state index contributed by atoms with van der Waals surface area (Å²) < 4.78 is 5.61. The fourth-order valence-electron chi connectivity index (χ4n) is 4.12. The van der Waals surface area contributed by atoms with E-state index in [1.165, 1.54) is 0 Å². The molecule has 6 heteroatoms. The summed E-state index contributed by atoms with van der Waals surface area (Å²) in [6.07, 6.45) is 2.55. The summed E-state index contributed by atoms with van der Waals surface area (Å²) in [4.78, 5) is 25.9. The maximum Gasteiger partial charge on any atom is 0.415 e. The van der Waals surface area contributed by atoms with E-state index in [0.717, 1.165) is 67.2 Å². The largest absolute Gasteiger partial charge is 0.415 e. The lowest BCUT2D eigenvalue weighted by atomic mass is 10.1. The lowest BCUT2D eigenvalue weighted by Gasteiger charge is -2.34. The normalized spacial score (nSPS) is 14.3. The van der Waals surface area contributed by atoms with Gasteiger partial charge in [0.25, 0.3) is 0 Å². The maximum absolute atomic E-state index is 12.6. The third-order valence-corrected chi connectivity index (χ3v) is 5.94. The highest BCUT2D eigenvalue weighted by molar-refractivity contribution is 5.70. The third kappa shape index (κ3) is 6.86. The van der Waals surface area contributed by atoms with Crippen LogP contribution in [0.5, 0.6) is 5.75 Å². The van der Waals surface area contributed by atoms with Crippen LogP contribution in [0.1, 0.15) is 34.8 Å². The van der Waals surface area contributed by atoms with E-state index in [1.54, 1.807) is 4.90 Å². The van der Waals surface area contributed by atoms with E-state index in [4.69, 9.17) is 4.74 Å². The predicted molar refractivity (Wildman–Crippen MR) is 130 cm³/mol. The molecule has 1 aliphatic heterocycles. The average molecular weight is 445 g/mol. The molecular weight excluding hydrogens is 412 g/mol. The fraction of sp³-hybridized carbons (Fsp3) is 0.370. The molecule has 3 heterocycles. The van der Waals surface area contributed by atoms with E-state index in [1.807, 2.05) is 62.4 Å². The van der Waals surface area contributed by atoms with Crippen LogP contribution in [-0.4, -0.2) is 58.6 Å². The van der Waals surface area contributed by atoms with Crippen LogP contribution in [0.25, 0.3) is 0 Å². The predicted octanol–water partition coefficient (Wildman–Crippen LogP) is 4.43. The number of amides is 1. The minimum atomic E-state index is -0.272. The summed E-state index contributed by atoms with van der Waals surface area (Å²) in [7, 11) is 0. The lowest BCUT2D eigenvalue weighted by Crippen LogP contribution is -2.49. The van der Waals surface area contributed by atoms with Gasteiger partial charge in [0.05, 0.1) is 0 Å². The number of piperazine rings is 1. The fourth-order valence-corrected chi connectivity index (χ4v) is 4.12. The van der Waals surface area contributed by atoms with Gasteiger partial charge in [0, 0.05) is 55.4 Å². The number of carbonyl (C=O) groups excluding carboxylic acids is 1. The highest BCUT2D eigenvalue weighted by atomic mass is 16.6. The number of ether oxygens (including phenoxy) is 1. The smallest absolute Gasteiger partial charge is 0.410 e. The van der Waals surface area contributed by atoms with Gasteiger partial charge in [-0.2, -0.15) is 0 Å². The second kappa shape index (κ2) is 11.1. The van der Waals surface area contributed by atoms with Gasteiger partial charge in [-0.25, -0.2) is 4.79 Å². The van der Waals surface area contributed by atoms with Crippen molar-refractivity contribution in [2.45, 2.75) is 33.1 Å². The summed E-state index contributed by atoms with van der Waals surface area (Å²) in [5, 5.41) is 0. The third-order valence-electron chi connectivity index (χ3n) is 5.94. The zero-order chi connectivity index (χ0) is 23.0. The molecular formula is C27H32N4O2. The summed E-state index contributed by atoms with van der Waals surface area (Å²) in [6.45, 7) is 8.18. The van der Waals surface area contributed by atoms with E-state index in [-0.39, 0.29) is 6.09 Å². The molecule has 1 saturated heterocycles. The van der Waals surface area contributed by atoms with Crippen molar-refractivity contribution in [3.63, 3.8) is 0 Å². The molecule has 172 valence electrons. The Bertz CT molecular complexity index is 1060. The van der Waals surface area contributed by atoms with Crippen molar-refractivity contribution in [3.8, 4) is 5.75 Å².